The van der Waals surface area contributed by atoms with Gasteiger partial charge in [0.2, 0.25) is 0 Å². The zero-order valence-corrected chi connectivity index (χ0v) is 30.7. The van der Waals surface area contributed by atoms with Gasteiger partial charge in [-0.15, -0.1) is 0 Å². The van der Waals surface area contributed by atoms with E-state index in [1.807, 2.05) is 18.2 Å². The molecule has 0 saturated carbocycles. The van der Waals surface area contributed by atoms with Crippen molar-refractivity contribution in [1.82, 2.24) is 5.32 Å². The van der Waals surface area contributed by atoms with Gasteiger partial charge in [0.25, 0.3) is 0 Å². The fourth-order valence-electron chi connectivity index (χ4n) is 8.08. The standard InChI is InChI=1S/C53H37N3/c1-4-16-36(17-5-1)37-28-30-39(31-29-37)42-32-33-47(44-24-12-11-23-43(42)44)48-34-35-50(46-26-14-13-25-45(46)48)53-55-51(40-20-8-3-9-21-40)54-52(56-53)49-27-15-10-22-41(49)38-18-6-2-7-19-38/h1-35,52H,(H,54,55,56). The molecule has 0 amide bonds. The van der Waals surface area contributed by atoms with Crippen LogP contribution in [0.25, 0.3) is 66.1 Å². The summed E-state index contributed by atoms with van der Waals surface area (Å²) in [6.45, 7) is 0. The van der Waals surface area contributed by atoms with E-state index in [1.165, 1.54) is 49.5 Å². The van der Waals surface area contributed by atoms with E-state index >= 15 is 0 Å². The van der Waals surface area contributed by atoms with Crippen LogP contribution in [0, 0.1) is 0 Å². The maximum absolute atomic E-state index is 5.23. The second-order valence-corrected chi connectivity index (χ2v) is 14.1. The average molecular weight is 716 g/mol. The Morgan fingerprint density at radius 2 is 0.714 bits per heavy atom. The van der Waals surface area contributed by atoms with Crippen LogP contribution in [-0.4, -0.2) is 11.7 Å². The van der Waals surface area contributed by atoms with Crippen molar-refractivity contribution < 1.29 is 0 Å². The minimum atomic E-state index is -0.342. The van der Waals surface area contributed by atoms with Gasteiger partial charge in [-0.3, -0.25) is 0 Å². The summed E-state index contributed by atoms with van der Waals surface area (Å²) in [6, 6.07) is 75.3. The predicted octanol–water partition coefficient (Wildman–Crippen LogP) is 13.2. The zero-order chi connectivity index (χ0) is 37.3. The number of nitrogens with zero attached hydrogens (tertiary/aromatic N) is 2. The van der Waals surface area contributed by atoms with Crippen LogP contribution in [0.4, 0.5) is 0 Å². The molecule has 1 aliphatic heterocycles. The summed E-state index contributed by atoms with van der Waals surface area (Å²) in [6.07, 6.45) is -0.342. The van der Waals surface area contributed by atoms with Crippen molar-refractivity contribution in [2.24, 2.45) is 9.98 Å². The first kappa shape index (κ1) is 33.2. The first-order chi connectivity index (χ1) is 27.8. The molecule has 10 rings (SSSR count). The number of rotatable bonds is 7. The number of amidine groups is 2. The lowest BCUT2D eigenvalue weighted by Gasteiger charge is -2.26. The molecule has 0 aromatic heterocycles. The third-order valence-electron chi connectivity index (χ3n) is 10.8. The normalized spacial score (nSPS) is 13.9. The molecule has 1 heterocycles. The van der Waals surface area contributed by atoms with Gasteiger partial charge in [-0.1, -0.05) is 212 Å². The summed E-state index contributed by atoms with van der Waals surface area (Å²) in [5.41, 5.74) is 12.7. The predicted molar refractivity (Wildman–Crippen MR) is 235 cm³/mol. The van der Waals surface area contributed by atoms with E-state index in [2.05, 4.69) is 199 Å². The Morgan fingerprint density at radius 3 is 1.34 bits per heavy atom. The molecule has 9 aromatic rings. The van der Waals surface area contributed by atoms with Gasteiger partial charge < -0.3 is 5.32 Å². The van der Waals surface area contributed by atoms with E-state index in [0.717, 1.165) is 39.0 Å². The SMILES string of the molecule is c1ccc(C2=NC(c3ccccc3-c3ccccc3)NC(c3ccc(-c4ccc(-c5ccc(-c6ccccc6)cc5)c5ccccc45)c4ccccc34)=N2)cc1. The molecule has 56 heavy (non-hydrogen) atoms. The lowest BCUT2D eigenvalue weighted by molar-refractivity contribution is 0.676. The molecular formula is C53H37N3. The van der Waals surface area contributed by atoms with E-state index in [-0.39, 0.29) is 6.17 Å². The number of nitrogens with one attached hydrogen (secondary N) is 1. The highest BCUT2D eigenvalue weighted by Crippen LogP contribution is 2.40. The second kappa shape index (κ2) is 14.5. The summed E-state index contributed by atoms with van der Waals surface area (Å²) in [4.78, 5) is 10.5. The van der Waals surface area contributed by atoms with E-state index in [0.29, 0.717) is 5.84 Å². The molecule has 0 aliphatic carbocycles. The number of hydrogen-bond acceptors (Lipinski definition) is 3. The fraction of sp³-hybridized carbons (Fsp3) is 0.0189. The Bertz CT molecular complexity index is 2910. The van der Waals surface area contributed by atoms with Crippen molar-refractivity contribution in [3.8, 4) is 44.5 Å². The summed E-state index contributed by atoms with van der Waals surface area (Å²) in [7, 11) is 0. The van der Waals surface area contributed by atoms with E-state index in [1.54, 1.807) is 0 Å². The largest absolute Gasteiger partial charge is 0.344 e. The second-order valence-electron chi connectivity index (χ2n) is 14.1. The van der Waals surface area contributed by atoms with Crippen LogP contribution in [0.5, 0.6) is 0 Å². The highest BCUT2D eigenvalue weighted by atomic mass is 15.2. The Balaban J connectivity index is 1.08. The van der Waals surface area contributed by atoms with Crippen LogP contribution in [0.15, 0.2) is 222 Å². The van der Waals surface area contributed by atoms with Crippen LogP contribution in [0.3, 0.4) is 0 Å². The number of fused-ring (bicyclic) bond motifs is 2. The van der Waals surface area contributed by atoms with Gasteiger partial charge >= 0.3 is 0 Å². The summed E-state index contributed by atoms with van der Waals surface area (Å²) < 4.78 is 0. The maximum Gasteiger partial charge on any atom is 0.159 e. The third kappa shape index (κ3) is 6.15. The number of hydrogen-bond donors (Lipinski definition) is 1. The highest BCUT2D eigenvalue weighted by Gasteiger charge is 2.25. The third-order valence-corrected chi connectivity index (χ3v) is 10.8. The Morgan fingerprint density at radius 1 is 0.304 bits per heavy atom. The van der Waals surface area contributed by atoms with Crippen LogP contribution in [-0.2, 0) is 0 Å². The lowest BCUT2D eigenvalue weighted by atomic mass is 9.88. The topological polar surface area (TPSA) is 36.8 Å². The van der Waals surface area contributed by atoms with Gasteiger partial charge in [-0.2, -0.15) is 0 Å². The van der Waals surface area contributed by atoms with Crippen molar-refractivity contribution in [3.05, 3.63) is 229 Å². The van der Waals surface area contributed by atoms with E-state index in [9.17, 15) is 0 Å². The van der Waals surface area contributed by atoms with Crippen LogP contribution >= 0.6 is 0 Å². The molecule has 3 heteroatoms. The molecule has 1 unspecified atom stereocenters. The van der Waals surface area contributed by atoms with Crippen molar-refractivity contribution >= 4 is 33.2 Å². The molecule has 1 atom stereocenters. The van der Waals surface area contributed by atoms with Crippen LogP contribution < -0.4 is 5.32 Å². The van der Waals surface area contributed by atoms with Crippen molar-refractivity contribution in [1.29, 1.82) is 0 Å². The molecule has 3 nitrogen and oxygen atoms in total. The lowest BCUT2D eigenvalue weighted by Crippen LogP contribution is -2.34. The van der Waals surface area contributed by atoms with E-state index < -0.39 is 0 Å². The van der Waals surface area contributed by atoms with Gasteiger partial charge in [-0.25, -0.2) is 9.98 Å². The molecule has 0 bridgehead atoms. The maximum atomic E-state index is 5.23. The molecule has 9 aromatic carbocycles. The summed E-state index contributed by atoms with van der Waals surface area (Å²) in [5, 5.41) is 8.53. The monoisotopic (exact) mass is 715 g/mol. The Kier molecular flexibility index (Phi) is 8.58. The van der Waals surface area contributed by atoms with Crippen LogP contribution in [0.2, 0.25) is 0 Å². The Hall–Kier alpha value is -7.36. The quantitative estimate of drug-likeness (QED) is 0.175. The summed E-state index contributed by atoms with van der Waals surface area (Å²) >= 11 is 0. The van der Waals surface area contributed by atoms with Crippen molar-refractivity contribution in [3.63, 3.8) is 0 Å². The van der Waals surface area contributed by atoms with E-state index in [4.69, 9.17) is 9.98 Å². The van der Waals surface area contributed by atoms with Gasteiger partial charge in [0.05, 0.1) is 0 Å². The van der Waals surface area contributed by atoms with Crippen LogP contribution in [0.1, 0.15) is 22.9 Å². The molecule has 1 aliphatic rings. The Labute approximate surface area is 327 Å². The molecule has 0 spiro atoms. The molecule has 0 radical (unpaired) electrons. The average Bonchev–Trinajstić information content (AvgIpc) is 3.29. The molecule has 1 N–H and O–H groups in total. The fourth-order valence-corrected chi connectivity index (χ4v) is 8.08. The molecule has 0 fully saturated rings. The smallest absolute Gasteiger partial charge is 0.159 e. The molecule has 264 valence electrons. The highest BCUT2D eigenvalue weighted by molar-refractivity contribution is 6.20. The van der Waals surface area contributed by atoms with Gasteiger partial charge in [0, 0.05) is 16.7 Å². The van der Waals surface area contributed by atoms with Gasteiger partial charge in [0.1, 0.15) is 12.0 Å². The van der Waals surface area contributed by atoms with Crippen molar-refractivity contribution in [2.45, 2.75) is 6.17 Å². The van der Waals surface area contributed by atoms with Gasteiger partial charge in [0.15, 0.2) is 5.84 Å². The number of aliphatic imine (C=N–C) groups is 2. The number of benzene rings is 9. The summed E-state index contributed by atoms with van der Waals surface area (Å²) in [5.74, 6) is 1.51. The zero-order valence-electron chi connectivity index (χ0n) is 30.7. The minimum Gasteiger partial charge on any atom is -0.344 e. The first-order valence-electron chi connectivity index (χ1n) is 19.1. The van der Waals surface area contributed by atoms with Gasteiger partial charge in [-0.05, 0) is 66.1 Å². The first-order valence-corrected chi connectivity index (χ1v) is 19.1. The minimum absolute atomic E-state index is 0.342. The molecular weight excluding hydrogens is 679 g/mol. The van der Waals surface area contributed by atoms with Crippen molar-refractivity contribution in [2.75, 3.05) is 0 Å². The molecule has 0 saturated heterocycles.